The van der Waals surface area contributed by atoms with E-state index in [0.717, 1.165) is 57.5 Å². The molecule has 1 fully saturated rings. The van der Waals surface area contributed by atoms with Crippen LogP contribution in [0.2, 0.25) is 5.02 Å². The van der Waals surface area contributed by atoms with Gasteiger partial charge in [0.15, 0.2) is 0 Å². The molecule has 1 saturated heterocycles. The van der Waals surface area contributed by atoms with Crippen molar-refractivity contribution < 1.29 is 8.78 Å². The van der Waals surface area contributed by atoms with Gasteiger partial charge in [0.05, 0.1) is 28.5 Å². The van der Waals surface area contributed by atoms with Gasteiger partial charge in [-0.1, -0.05) is 85.3 Å². The number of hydrogen-bond acceptors (Lipinski definition) is 5. The highest BCUT2D eigenvalue weighted by molar-refractivity contribution is 7.99. The van der Waals surface area contributed by atoms with Crippen LogP contribution in [-0.4, -0.2) is 36.0 Å². The molecule has 8 rings (SSSR count). The molecule has 3 aliphatic rings. The zero-order valence-electron chi connectivity index (χ0n) is 26.3. The number of nitrogens with zero attached hydrogens (tertiary/aromatic N) is 4. The van der Waals surface area contributed by atoms with Gasteiger partial charge in [-0.25, -0.2) is 8.78 Å². The third-order valence-corrected chi connectivity index (χ3v) is 11.5. The number of hydrogen-bond donors (Lipinski definition) is 0. The van der Waals surface area contributed by atoms with Crippen molar-refractivity contribution in [3.05, 3.63) is 161 Å². The maximum Gasteiger partial charge on any atom is 0.123 e. The predicted molar refractivity (Wildman–Crippen MR) is 193 cm³/mol. The second-order valence-electron chi connectivity index (χ2n) is 12.6. The number of thioether (sulfide) groups is 1. The van der Waals surface area contributed by atoms with Crippen LogP contribution in [0.25, 0.3) is 0 Å². The zero-order valence-corrected chi connectivity index (χ0v) is 27.9. The first-order valence-electron chi connectivity index (χ1n) is 16.2. The summed E-state index contributed by atoms with van der Waals surface area (Å²) in [4.78, 5) is 9.23. The Morgan fingerprint density at radius 3 is 2.12 bits per heavy atom. The average Bonchev–Trinajstić information content (AvgIpc) is 3.34. The topological polar surface area (TPSA) is 31.2 Å². The molecular weight excluding hydrogens is 642 g/mol. The average molecular weight is 675 g/mol. The van der Waals surface area contributed by atoms with Crippen molar-refractivity contribution in [3.8, 4) is 0 Å². The molecule has 0 amide bonds. The number of likely N-dealkylation sites (tertiary alicyclic amines) is 1. The third-order valence-electron chi connectivity index (χ3n) is 9.77. The van der Waals surface area contributed by atoms with Crippen LogP contribution in [0.5, 0.6) is 0 Å². The van der Waals surface area contributed by atoms with E-state index in [1.54, 1.807) is 23.9 Å². The molecule has 3 heterocycles. The fraction of sp³-hybridized carbons (Fsp3) is 0.200. The quantitative estimate of drug-likeness (QED) is 0.186. The molecule has 4 atom stereocenters. The molecular formula is C40H33ClF2N4S. The van der Waals surface area contributed by atoms with Crippen molar-refractivity contribution in [3.63, 3.8) is 0 Å². The first-order valence-corrected chi connectivity index (χ1v) is 17.5. The number of aliphatic imine (C=N–C) groups is 1. The van der Waals surface area contributed by atoms with E-state index in [-0.39, 0.29) is 28.8 Å². The number of halogens is 3. The lowest BCUT2D eigenvalue weighted by atomic mass is 9.62. The van der Waals surface area contributed by atoms with Gasteiger partial charge >= 0.3 is 0 Å². The summed E-state index contributed by atoms with van der Waals surface area (Å²) < 4.78 is 28.9. The van der Waals surface area contributed by atoms with Gasteiger partial charge in [-0.15, -0.1) is 11.8 Å². The molecule has 240 valence electrons. The molecule has 0 aliphatic carbocycles. The lowest BCUT2D eigenvalue weighted by molar-refractivity contribution is 0.180. The molecule has 0 N–H and O–H groups in total. The Morgan fingerprint density at radius 1 is 0.792 bits per heavy atom. The van der Waals surface area contributed by atoms with Crippen LogP contribution in [0.15, 0.2) is 142 Å². The first kappa shape index (κ1) is 31.0. The SMILES string of the molecule is CCN1C[C@H]2C(=Nc3ccccc3S[C@H]2c2ccc(F)cc2)C2(C1)C(c1ccc(Cl)cc1)=NN(c1ccccc1)[C@@H]2c1ccc(F)cc1. The maximum atomic E-state index is 14.6. The fourth-order valence-corrected chi connectivity index (χ4v) is 9.07. The van der Waals surface area contributed by atoms with Gasteiger partial charge in [0.2, 0.25) is 0 Å². The van der Waals surface area contributed by atoms with E-state index in [1.165, 1.54) is 12.1 Å². The van der Waals surface area contributed by atoms with Crippen molar-refractivity contribution >= 4 is 46.2 Å². The highest BCUT2D eigenvalue weighted by atomic mass is 35.5. The third kappa shape index (κ3) is 5.34. The molecule has 0 aromatic heterocycles. The molecule has 8 heteroatoms. The summed E-state index contributed by atoms with van der Waals surface area (Å²) >= 11 is 8.23. The number of anilines is 1. The van der Waals surface area contributed by atoms with Crippen LogP contribution in [0, 0.1) is 23.0 Å². The molecule has 1 spiro atoms. The smallest absolute Gasteiger partial charge is 0.123 e. The Bertz CT molecular complexity index is 2000. The normalized spacial score (nSPS) is 23.7. The first-order chi connectivity index (χ1) is 23.4. The summed E-state index contributed by atoms with van der Waals surface area (Å²) in [6.07, 6.45) is 0. The highest BCUT2D eigenvalue weighted by Gasteiger charge is 2.61. The predicted octanol–water partition coefficient (Wildman–Crippen LogP) is 10.1. The van der Waals surface area contributed by atoms with Gasteiger partial charge in [-0.05, 0) is 83.9 Å². The van der Waals surface area contributed by atoms with Crippen LogP contribution in [0.3, 0.4) is 0 Å². The summed E-state index contributed by atoms with van der Waals surface area (Å²) in [6, 6.07) is 39.7. The Labute approximate surface area is 288 Å². The minimum Gasteiger partial charge on any atom is -0.301 e. The number of rotatable bonds is 5. The van der Waals surface area contributed by atoms with E-state index < -0.39 is 5.41 Å². The fourth-order valence-electron chi connectivity index (χ4n) is 7.60. The lowest BCUT2D eigenvalue weighted by Gasteiger charge is -2.50. The van der Waals surface area contributed by atoms with Crippen molar-refractivity contribution in [2.24, 2.45) is 21.4 Å². The summed E-state index contributed by atoms with van der Waals surface area (Å²) in [5.74, 6) is -0.608. The molecule has 5 aromatic rings. The molecule has 5 aromatic carbocycles. The van der Waals surface area contributed by atoms with Crippen molar-refractivity contribution in [1.82, 2.24) is 4.90 Å². The highest BCUT2D eigenvalue weighted by Crippen LogP contribution is 2.58. The number of fused-ring (bicyclic) bond motifs is 3. The molecule has 4 nitrogen and oxygen atoms in total. The van der Waals surface area contributed by atoms with E-state index in [1.807, 2.05) is 78.9 Å². The summed E-state index contributed by atoms with van der Waals surface area (Å²) in [7, 11) is 0. The molecule has 48 heavy (non-hydrogen) atoms. The van der Waals surface area contributed by atoms with Crippen molar-refractivity contribution in [1.29, 1.82) is 0 Å². The number of benzene rings is 5. The largest absolute Gasteiger partial charge is 0.301 e. The molecule has 0 saturated carbocycles. The molecule has 0 radical (unpaired) electrons. The Hall–Kier alpha value is -4.30. The summed E-state index contributed by atoms with van der Waals surface area (Å²) in [5.41, 5.74) is 5.93. The lowest BCUT2D eigenvalue weighted by Crippen LogP contribution is -2.60. The van der Waals surface area contributed by atoms with Gasteiger partial charge in [0, 0.05) is 39.9 Å². The standard InChI is InChI=1S/C40H33ClF2N4S/c1-2-46-24-33-36(26-14-20-30(42)21-15-26)48-35-11-7-6-10-34(35)44-38(33)40(25-46)37(27-12-18-29(41)19-13-27)45-47(32-8-4-3-5-9-32)39(40)28-16-22-31(43)23-17-28/h3-23,33,36,39H,2,24-25H2,1H3/t33-,36+,39-,40?/m1/s1. The van der Waals surface area contributed by atoms with Gasteiger partial charge in [0.25, 0.3) is 0 Å². The second kappa shape index (κ2) is 12.6. The van der Waals surface area contributed by atoms with E-state index in [9.17, 15) is 8.78 Å². The van der Waals surface area contributed by atoms with Gasteiger partial charge < -0.3 is 4.90 Å². The van der Waals surface area contributed by atoms with Crippen LogP contribution in [0.1, 0.15) is 34.9 Å². The van der Waals surface area contributed by atoms with Crippen molar-refractivity contribution in [2.75, 3.05) is 24.6 Å². The van der Waals surface area contributed by atoms with Gasteiger partial charge in [0.1, 0.15) is 11.6 Å². The minimum absolute atomic E-state index is 0.0506. The van der Waals surface area contributed by atoms with E-state index in [4.69, 9.17) is 21.7 Å². The zero-order chi connectivity index (χ0) is 32.8. The van der Waals surface area contributed by atoms with Crippen LogP contribution < -0.4 is 5.01 Å². The Morgan fingerprint density at radius 2 is 1.44 bits per heavy atom. The van der Waals surface area contributed by atoms with Crippen LogP contribution >= 0.6 is 23.4 Å². The monoisotopic (exact) mass is 674 g/mol. The number of piperidine rings is 1. The number of para-hydroxylation sites is 2. The van der Waals surface area contributed by atoms with E-state index in [0.29, 0.717) is 11.6 Å². The second-order valence-corrected chi connectivity index (χ2v) is 14.2. The van der Waals surface area contributed by atoms with Gasteiger partial charge in [-0.2, -0.15) is 5.10 Å². The molecule has 0 bridgehead atoms. The molecule has 1 unspecified atom stereocenters. The van der Waals surface area contributed by atoms with Crippen molar-refractivity contribution in [2.45, 2.75) is 23.1 Å². The van der Waals surface area contributed by atoms with E-state index >= 15 is 0 Å². The van der Waals surface area contributed by atoms with E-state index in [2.05, 4.69) is 41.1 Å². The van der Waals surface area contributed by atoms with Crippen LogP contribution in [0.4, 0.5) is 20.2 Å². The summed E-state index contributed by atoms with van der Waals surface area (Å²) in [6.45, 7) is 4.43. The van der Waals surface area contributed by atoms with Gasteiger partial charge in [-0.3, -0.25) is 10.0 Å². The summed E-state index contributed by atoms with van der Waals surface area (Å²) in [5, 5.41) is 8.22. The Kier molecular flexibility index (Phi) is 8.15. The molecule has 3 aliphatic heterocycles. The minimum atomic E-state index is -0.767. The Balaban J connectivity index is 1.45. The maximum absolute atomic E-state index is 14.6. The number of hydrazone groups is 1. The van der Waals surface area contributed by atoms with Crippen LogP contribution in [-0.2, 0) is 0 Å².